The number of hydrogen-bond donors (Lipinski definition) is 1. The second-order valence-electron chi connectivity index (χ2n) is 4.50. The van der Waals surface area contributed by atoms with E-state index in [-0.39, 0.29) is 11.6 Å². The number of hydrazone groups is 1. The molecule has 0 fully saturated rings. The van der Waals surface area contributed by atoms with E-state index in [1.807, 2.05) is 42.1 Å². The molecule has 0 radical (unpaired) electrons. The van der Waals surface area contributed by atoms with Crippen molar-refractivity contribution >= 4 is 23.0 Å². The summed E-state index contributed by atoms with van der Waals surface area (Å²) < 4.78 is 2.02. The van der Waals surface area contributed by atoms with Gasteiger partial charge < -0.3 is 4.57 Å². The molecule has 0 aliphatic heterocycles. The van der Waals surface area contributed by atoms with E-state index in [0.717, 1.165) is 16.5 Å². The Hall–Kier alpha value is -3.02. The maximum Gasteiger partial charge on any atom is 0.291 e. The Morgan fingerprint density at radius 3 is 3.00 bits per heavy atom. The Bertz CT molecular complexity index is 807. The summed E-state index contributed by atoms with van der Waals surface area (Å²) in [6, 6.07) is 8.00. The van der Waals surface area contributed by atoms with E-state index >= 15 is 0 Å². The monoisotopic (exact) mass is 279 g/mol. The van der Waals surface area contributed by atoms with Crippen molar-refractivity contribution in [3.63, 3.8) is 0 Å². The van der Waals surface area contributed by atoms with E-state index in [1.54, 1.807) is 6.21 Å². The molecule has 3 aromatic rings. The van der Waals surface area contributed by atoms with Gasteiger partial charge in [-0.25, -0.2) is 10.4 Å². The van der Waals surface area contributed by atoms with Gasteiger partial charge in [-0.1, -0.05) is 18.2 Å². The third-order valence-electron chi connectivity index (χ3n) is 3.09. The Balaban J connectivity index is 1.78. The Kier molecular flexibility index (Phi) is 3.42. The first-order valence-corrected chi connectivity index (χ1v) is 6.39. The van der Waals surface area contributed by atoms with Crippen LogP contribution in [0.1, 0.15) is 16.1 Å². The minimum atomic E-state index is -0.389. The lowest BCUT2D eigenvalue weighted by atomic mass is 10.2. The van der Waals surface area contributed by atoms with Crippen LogP contribution in [-0.2, 0) is 7.05 Å². The summed E-state index contributed by atoms with van der Waals surface area (Å²) >= 11 is 0. The van der Waals surface area contributed by atoms with E-state index in [4.69, 9.17) is 0 Å². The normalized spacial score (nSPS) is 11.1. The molecule has 2 aromatic heterocycles. The van der Waals surface area contributed by atoms with Crippen LogP contribution < -0.4 is 5.43 Å². The summed E-state index contributed by atoms with van der Waals surface area (Å²) in [5.74, 6) is -0.389. The first kappa shape index (κ1) is 13.0. The van der Waals surface area contributed by atoms with Crippen molar-refractivity contribution in [1.29, 1.82) is 0 Å². The highest BCUT2D eigenvalue weighted by molar-refractivity contribution is 6.00. The number of nitrogens with zero attached hydrogens (tertiary/aromatic N) is 4. The van der Waals surface area contributed by atoms with Gasteiger partial charge >= 0.3 is 0 Å². The summed E-state index contributed by atoms with van der Waals surface area (Å²) in [7, 11) is 1.97. The van der Waals surface area contributed by atoms with Crippen molar-refractivity contribution in [3.8, 4) is 0 Å². The number of fused-ring (bicyclic) bond motifs is 1. The summed E-state index contributed by atoms with van der Waals surface area (Å²) in [5, 5.41) is 5.06. The minimum Gasteiger partial charge on any atom is -0.350 e. The van der Waals surface area contributed by atoms with E-state index in [1.165, 1.54) is 18.6 Å². The molecule has 2 heterocycles. The maximum absolute atomic E-state index is 11.8. The molecule has 0 bridgehead atoms. The van der Waals surface area contributed by atoms with Crippen LogP contribution in [0.3, 0.4) is 0 Å². The third-order valence-corrected chi connectivity index (χ3v) is 3.09. The fourth-order valence-electron chi connectivity index (χ4n) is 2.11. The standard InChI is InChI=1S/C15H13N5O/c1-20-10-11(12-4-2-3-5-14(12)20)8-18-19-15(21)13-9-16-6-7-17-13/h2-10H,1H3,(H,19,21)/b18-8+. The van der Waals surface area contributed by atoms with Crippen LogP contribution in [-0.4, -0.2) is 26.7 Å². The molecular weight excluding hydrogens is 266 g/mol. The van der Waals surface area contributed by atoms with Crippen LogP contribution in [0.15, 0.2) is 54.2 Å². The number of carbonyl (C=O) groups is 1. The van der Waals surface area contributed by atoms with Crippen molar-refractivity contribution in [3.05, 3.63) is 60.3 Å². The number of amides is 1. The van der Waals surface area contributed by atoms with Gasteiger partial charge in [0.25, 0.3) is 5.91 Å². The van der Waals surface area contributed by atoms with Gasteiger partial charge in [0.2, 0.25) is 0 Å². The van der Waals surface area contributed by atoms with Crippen molar-refractivity contribution in [2.75, 3.05) is 0 Å². The highest BCUT2D eigenvalue weighted by Gasteiger charge is 2.06. The topological polar surface area (TPSA) is 72.2 Å². The number of hydrogen-bond acceptors (Lipinski definition) is 4. The van der Waals surface area contributed by atoms with Gasteiger partial charge in [0.05, 0.1) is 12.4 Å². The molecule has 6 heteroatoms. The molecule has 0 saturated carbocycles. The van der Waals surface area contributed by atoms with Gasteiger partial charge in [-0.2, -0.15) is 5.10 Å². The molecular formula is C15H13N5O. The predicted molar refractivity (Wildman–Crippen MR) is 80.0 cm³/mol. The molecule has 0 unspecified atom stereocenters. The van der Waals surface area contributed by atoms with E-state index in [2.05, 4.69) is 20.5 Å². The van der Waals surface area contributed by atoms with Crippen LogP contribution in [0.5, 0.6) is 0 Å². The fraction of sp³-hybridized carbons (Fsp3) is 0.0667. The summed E-state index contributed by atoms with van der Waals surface area (Å²) in [4.78, 5) is 19.5. The SMILES string of the molecule is Cn1cc(/C=N/NC(=O)c2cnccn2)c2ccccc21. The Labute approximate surface area is 121 Å². The minimum absolute atomic E-state index is 0.229. The summed E-state index contributed by atoms with van der Waals surface area (Å²) in [6.45, 7) is 0. The van der Waals surface area contributed by atoms with Gasteiger partial charge in [-0.05, 0) is 6.07 Å². The van der Waals surface area contributed by atoms with E-state index < -0.39 is 0 Å². The van der Waals surface area contributed by atoms with Crippen LogP contribution in [0.25, 0.3) is 10.9 Å². The first-order valence-electron chi connectivity index (χ1n) is 6.39. The molecule has 0 saturated heterocycles. The molecule has 0 atom stereocenters. The molecule has 0 aliphatic carbocycles. The third kappa shape index (κ3) is 2.64. The van der Waals surface area contributed by atoms with Gasteiger partial charge in [0, 0.05) is 42.1 Å². The average molecular weight is 279 g/mol. The number of para-hydroxylation sites is 1. The van der Waals surface area contributed by atoms with Crippen LogP contribution in [0, 0.1) is 0 Å². The molecule has 0 spiro atoms. The highest BCUT2D eigenvalue weighted by atomic mass is 16.2. The lowest BCUT2D eigenvalue weighted by molar-refractivity contribution is 0.0949. The summed E-state index contributed by atoms with van der Waals surface area (Å²) in [5.41, 5.74) is 4.72. The fourth-order valence-corrected chi connectivity index (χ4v) is 2.11. The zero-order valence-electron chi connectivity index (χ0n) is 11.4. The number of aromatic nitrogens is 3. The second-order valence-corrected chi connectivity index (χ2v) is 4.50. The lowest BCUT2D eigenvalue weighted by Gasteiger charge is -1.97. The Morgan fingerprint density at radius 2 is 2.19 bits per heavy atom. The molecule has 6 nitrogen and oxygen atoms in total. The molecule has 1 amide bonds. The van der Waals surface area contributed by atoms with Crippen LogP contribution >= 0.6 is 0 Å². The Morgan fingerprint density at radius 1 is 1.33 bits per heavy atom. The molecule has 3 rings (SSSR count). The van der Waals surface area contributed by atoms with Crippen LogP contribution in [0.2, 0.25) is 0 Å². The van der Waals surface area contributed by atoms with Gasteiger partial charge in [-0.15, -0.1) is 0 Å². The van der Waals surface area contributed by atoms with Crippen LogP contribution in [0.4, 0.5) is 0 Å². The van der Waals surface area contributed by atoms with Gasteiger partial charge in [-0.3, -0.25) is 9.78 Å². The first-order chi connectivity index (χ1) is 10.3. The zero-order valence-corrected chi connectivity index (χ0v) is 11.4. The van der Waals surface area contributed by atoms with Crippen molar-refractivity contribution in [2.24, 2.45) is 12.1 Å². The zero-order chi connectivity index (χ0) is 14.7. The highest BCUT2D eigenvalue weighted by Crippen LogP contribution is 2.18. The van der Waals surface area contributed by atoms with Crippen molar-refractivity contribution < 1.29 is 4.79 Å². The smallest absolute Gasteiger partial charge is 0.291 e. The number of benzene rings is 1. The predicted octanol–water partition coefficient (Wildman–Crippen LogP) is 1.73. The molecule has 104 valence electrons. The molecule has 1 N–H and O–H groups in total. The number of nitrogens with one attached hydrogen (secondary N) is 1. The lowest BCUT2D eigenvalue weighted by Crippen LogP contribution is -2.19. The van der Waals surface area contributed by atoms with Crippen molar-refractivity contribution in [1.82, 2.24) is 20.0 Å². The molecule has 21 heavy (non-hydrogen) atoms. The number of carbonyl (C=O) groups excluding carboxylic acids is 1. The number of rotatable bonds is 3. The largest absolute Gasteiger partial charge is 0.350 e. The quantitative estimate of drug-likeness (QED) is 0.586. The molecule has 0 aliphatic rings. The summed E-state index contributed by atoms with van der Waals surface area (Å²) in [6.07, 6.45) is 7.95. The average Bonchev–Trinajstić information content (AvgIpc) is 2.85. The van der Waals surface area contributed by atoms with Crippen molar-refractivity contribution in [2.45, 2.75) is 0 Å². The second kappa shape index (κ2) is 5.54. The van der Waals surface area contributed by atoms with Gasteiger partial charge in [0.1, 0.15) is 5.69 Å². The maximum atomic E-state index is 11.8. The van der Waals surface area contributed by atoms with E-state index in [9.17, 15) is 4.79 Å². The number of aryl methyl sites for hydroxylation is 1. The van der Waals surface area contributed by atoms with E-state index in [0.29, 0.717) is 0 Å². The van der Waals surface area contributed by atoms with Gasteiger partial charge in [0.15, 0.2) is 0 Å². The molecule has 1 aromatic carbocycles.